The number of benzene rings is 2. The van der Waals surface area contributed by atoms with E-state index in [1.165, 1.54) is 17.4 Å². The number of nitrogens with one attached hydrogen (secondary N) is 1. The first kappa shape index (κ1) is 15.7. The molecule has 0 unspecified atom stereocenters. The van der Waals surface area contributed by atoms with Gasteiger partial charge in [-0.3, -0.25) is 4.79 Å². The molecule has 0 aliphatic heterocycles. The number of carbonyl (C=O) groups is 1. The maximum atomic E-state index is 12.2. The summed E-state index contributed by atoms with van der Waals surface area (Å²) in [5.41, 5.74) is 3.13. The van der Waals surface area contributed by atoms with E-state index < -0.39 is 0 Å². The van der Waals surface area contributed by atoms with E-state index in [4.69, 9.17) is 0 Å². The largest absolute Gasteiger partial charge is 0.320 e. The zero-order chi connectivity index (χ0) is 16.9. The van der Waals surface area contributed by atoms with Crippen LogP contribution in [0.2, 0.25) is 0 Å². The summed E-state index contributed by atoms with van der Waals surface area (Å²) in [5.74, 6) is -0.301. The third kappa shape index (κ3) is 3.60. The fourth-order valence-corrected chi connectivity index (χ4v) is 2.73. The molecule has 3 aromatic rings. The van der Waals surface area contributed by atoms with Crippen LogP contribution in [-0.4, -0.2) is 22.2 Å². The lowest BCUT2D eigenvalue weighted by atomic mass is 10.2. The number of nitrogens with zero attached hydrogens (tertiary/aromatic N) is 3. The van der Waals surface area contributed by atoms with E-state index in [0.717, 1.165) is 11.1 Å². The first-order chi connectivity index (χ1) is 11.7. The van der Waals surface area contributed by atoms with Crippen LogP contribution >= 0.6 is 11.3 Å². The molecule has 0 atom stereocenters. The molecule has 1 N–H and O–H groups in total. The number of aryl methyl sites for hydroxylation is 1. The van der Waals surface area contributed by atoms with Crippen molar-refractivity contribution < 1.29 is 9.59 Å². The molecule has 0 fully saturated rings. The Bertz CT molecular complexity index is 911. The van der Waals surface area contributed by atoms with Crippen LogP contribution in [0.4, 0.5) is 11.4 Å². The minimum Gasteiger partial charge on any atom is -0.320 e. The molecular formula is C17H12N4O2S. The summed E-state index contributed by atoms with van der Waals surface area (Å²) >= 11 is 1.19. The van der Waals surface area contributed by atoms with Crippen LogP contribution in [-0.2, 0) is 4.79 Å². The first-order valence-electron chi connectivity index (χ1n) is 7.05. The van der Waals surface area contributed by atoms with Gasteiger partial charge in [0.1, 0.15) is 5.01 Å². The Balaban J connectivity index is 1.75. The smallest absolute Gasteiger partial charge is 0.286 e. The number of carbonyl (C=O) groups excluding carboxylic acids is 2. The van der Waals surface area contributed by atoms with Gasteiger partial charge in [0.25, 0.3) is 5.91 Å². The summed E-state index contributed by atoms with van der Waals surface area (Å²) in [6.45, 7) is 1.98. The quantitative estimate of drug-likeness (QED) is 0.581. The Kier molecular flexibility index (Phi) is 4.56. The molecule has 24 heavy (non-hydrogen) atoms. The summed E-state index contributed by atoms with van der Waals surface area (Å²) in [6.07, 6.45) is 1.49. The van der Waals surface area contributed by atoms with Crippen LogP contribution in [0.1, 0.15) is 15.4 Å². The molecule has 118 valence electrons. The number of aliphatic imine (C=N–C) groups is 1. The third-order valence-electron chi connectivity index (χ3n) is 3.22. The van der Waals surface area contributed by atoms with Crippen molar-refractivity contribution in [2.24, 2.45) is 4.99 Å². The second-order valence-corrected chi connectivity index (χ2v) is 5.96. The van der Waals surface area contributed by atoms with Gasteiger partial charge >= 0.3 is 0 Å². The van der Waals surface area contributed by atoms with E-state index in [1.807, 2.05) is 31.2 Å². The van der Waals surface area contributed by atoms with Crippen molar-refractivity contribution in [3.63, 3.8) is 0 Å². The van der Waals surface area contributed by atoms with Crippen molar-refractivity contribution in [1.29, 1.82) is 0 Å². The van der Waals surface area contributed by atoms with Crippen LogP contribution < -0.4 is 5.32 Å². The van der Waals surface area contributed by atoms with Crippen molar-refractivity contribution in [2.45, 2.75) is 6.92 Å². The van der Waals surface area contributed by atoms with E-state index in [1.54, 1.807) is 24.3 Å². The number of amides is 1. The van der Waals surface area contributed by atoms with Crippen molar-refractivity contribution in [2.75, 3.05) is 5.32 Å². The van der Waals surface area contributed by atoms with Gasteiger partial charge < -0.3 is 5.32 Å². The number of hydrogen-bond acceptors (Lipinski definition) is 6. The summed E-state index contributed by atoms with van der Waals surface area (Å²) in [5, 5.41) is 11.7. The monoisotopic (exact) mass is 336 g/mol. The molecular weight excluding hydrogens is 324 g/mol. The maximum absolute atomic E-state index is 12.2. The third-order valence-corrected chi connectivity index (χ3v) is 4.19. The molecule has 0 spiro atoms. The Morgan fingerprint density at radius 1 is 1.08 bits per heavy atom. The highest BCUT2D eigenvalue weighted by Crippen LogP contribution is 2.26. The van der Waals surface area contributed by atoms with Gasteiger partial charge in [-0.25, -0.2) is 4.79 Å². The lowest BCUT2D eigenvalue weighted by molar-refractivity contribution is 0.102. The summed E-state index contributed by atoms with van der Waals surface area (Å²) in [6, 6.07) is 14.4. The maximum Gasteiger partial charge on any atom is 0.286 e. The van der Waals surface area contributed by atoms with Crippen molar-refractivity contribution in [3.05, 3.63) is 59.1 Å². The van der Waals surface area contributed by atoms with E-state index in [2.05, 4.69) is 20.5 Å². The van der Waals surface area contributed by atoms with Crippen LogP contribution in [0.3, 0.4) is 0 Å². The zero-order valence-corrected chi connectivity index (χ0v) is 13.5. The molecule has 1 amide bonds. The summed E-state index contributed by atoms with van der Waals surface area (Å²) < 4.78 is 0. The molecule has 0 saturated carbocycles. The summed E-state index contributed by atoms with van der Waals surface area (Å²) in [7, 11) is 0. The lowest BCUT2D eigenvalue weighted by Crippen LogP contribution is -2.11. The van der Waals surface area contributed by atoms with Gasteiger partial charge in [0.15, 0.2) is 0 Å². The fourth-order valence-electron chi connectivity index (χ4n) is 1.98. The van der Waals surface area contributed by atoms with E-state index in [9.17, 15) is 9.59 Å². The molecule has 0 aliphatic carbocycles. The summed E-state index contributed by atoms with van der Waals surface area (Å²) in [4.78, 5) is 26.0. The number of rotatable bonds is 4. The molecule has 0 aliphatic rings. The molecule has 0 saturated heterocycles. The number of anilines is 1. The van der Waals surface area contributed by atoms with Gasteiger partial charge in [-0.1, -0.05) is 29.0 Å². The normalized spacial score (nSPS) is 10.0. The second-order valence-electron chi connectivity index (χ2n) is 4.98. The van der Waals surface area contributed by atoms with Crippen LogP contribution in [0.5, 0.6) is 0 Å². The molecule has 1 aromatic heterocycles. The topological polar surface area (TPSA) is 84.3 Å². The van der Waals surface area contributed by atoms with Gasteiger partial charge in [0.2, 0.25) is 11.1 Å². The van der Waals surface area contributed by atoms with Crippen molar-refractivity contribution in [1.82, 2.24) is 10.2 Å². The van der Waals surface area contributed by atoms with Crippen LogP contribution in [0.15, 0.2) is 53.5 Å². The Morgan fingerprint density at radius 3 is 2.46 bits per heavy atom. The molecule has 0 radical (unpaired) electrons. The molecule has 3 rings (SSSR count). The molecule has 7 heteroatoms. The van der Waals surface area contributed by atoms with Gasteiger partial charge in [0.05, 0.1) is 5.69 Å². The molecule has 6 nitrogen and oxygen atoms in total. The Morgan fingerprint density at radius 2 is 1.79 bits per heavy atom. The fraction of sp³-hybridized carbons (Fsp3) is 0.0588. The molecule has 0 bridgehead atoms. The van der Waals surface area contributed by atoms with Gasteiger partial charge in [-0.05, 0) is 43.3 Å². The number of aromatic nitrogens is 2. The second kappa shape index (κ2) is 6.95. The lowest BCUT2D eigenvalue weighted by Gasteiger charge is -2.02. The molecule has 1 heterocycles. The first-order valence-corrected chi connectivity index (χ1v) is 7.87. The predicted molar refractivity (Wildman–Crippen MR) is 92.3 cm³/mol. The van der Waals surface area contributed by atoms with E-state index in [-0.39, 0.29) is 10.9 Å². The SMILES string of the molecule is Cc1ccc(NC(=O)c2nnc(-c3ccc(N=C=O)cc3)s2)cc1. The van der Waals surface area contributed by atoms with Crippen molar-refractivity contribution >= 4 is 34.7 Å². The number of isocyanates is 1. The van der Waals surface area contributed by atoms with E-state index >= 15 is 0 Å². The minimum atomic E-state index is -0.301. The Labute approximate surface area is 141 Å². The van der Waals surface area contributed by atoms with Crippen LogP contribution in [0.25, 0.3) is 10.6 Å². The molecule has 2 aromatic carbocycles. The van der Waals surface area contributed by atoms with Crippen LogP contribution in [0, 0.1) is 6.92 Å². The highest BCUT2D eigenvalue weighted by atomic mass is 32.1. The average Bonchev–Trinajstić information content (AvgIpc) is 3.08. The predicted octanol–water partition coefficient (Wildman–Crippen LogP) is 3.73. The van der Waals surface area contributed by atoms with Gasteiger partial charge in [0, 0.05) is 11.3 Å². The van der Waals surface area contributed by atoms with Crippen molar-refractivity contribution in [3.8, 4) is 10.6 Å². The standard InChI is InChI=1S/C17H12N4O2S/c1-11-2-6-14(7-3-11)19-15(23)17-21-20-16(24-17)12-4-8-13(9-5-12)18-10-22/h2-9H,1H3,(H,19,23). The minimum absolute atomic E-state index is 0.278. The average molecular weight is 336 g/mol. The highest BCUT2D eigenvalue weighted by molar-refractivity contribution is 7.16. The Hall–Kier alpha value is -3.15. The zero-order valence-electron chi connectivity index (χ0n) is 12.7. The van der Waals surface area contributed by atoms with Gasteiger partial charge in [-0.2, -0.15) is 4.99 Å². The highest BCUT2D eigenvalue weighted by Gasteiger charge is 2.14. The van der Waals surface area contributed by atoms with E-state index in [0.29, 0.717) is 16.4 Å². The number of hydrogen-bond donors (Lipinski definition) is 1. The van der Waals surface area contributed by atoms with Gasteiger partial charge in [-0.15, -0.1) is 10.2 Å².